The van der Waals surface area contributed by atoms with Crippen molar-refractivity contribution in [2.75, 3.05) is 6.61 Å². The van der Waals surface area contributed by atoms with Crippen LogP contribution in [0.3, 0.4) is 0 Å². The highest BCUT2D eigenvalue weighted by Gasteiger charge is 2.27. The van der Waals surface area contributed by atoms with Crippen LogP contribution in [0.5, 0.6) is 0 Å². The Hall–Kier alpha value is -2.33. The van der Waals surface area contributed by atoms with E-state index in [2.05, 4.69) is 19.9 Å². The molecular weight excluding hydrogens is 445 g/mol. The third-order valence-electron chi connectivity index (χ3n) is 7.67. The summed E-state index contributed by atoms with van der Waals surface area (Å²) < 4.78 is 50.5. The first kappa shape index (κ1) is 25.8. The molecule has 2 aromatic rings. The molecule has 4 rings (SSSR count). The van der Waals surface area contributed by atoms with Crippen molar-refractivity contribution in [1.29, 1.82) is 0 Å². The Morgan fingerprint density at radius 3 is 2.29 bits per heavy atom. The van der Waals surface area contributed by atoms with Crippen LogP contribution < -0.4 is 0 Å². The summed E-state index contributed by atoms with van der Waals surface area (Å²) in [6.45, 7) is 4.61. The second-order valence-corrected chi connectivity index (χ2v) is 10.0. The minimum Gasteiger partial charge on any atom is -0.374 e. The molecule has 1 saturated carbocycles. The van der Waals surface area contributed by atoms with Crippen molar-refractivity contribution in [3.63, 3.8) is 0 Å². The van der Waals surface area contributed by atoms with Gasteiger partial charge in [0.15, 0.2) is 11.6 Å². The van der Waals surface area contributed by atoms with Crippen LogP contribution in [0.2, 0.25) is 0 Å². The largest absolute Gasteiger partial charge is 0.374 e. The van der Waals surface area contributed by atoms with Crippen LogP contribution in [0.25, 0.3) is 11.1 Å². The van der Waals surface area contributed by atoms with Gasteiger partial charge in [0.2, 0.25) is 0 Å². The smallest absolute Gasteiger partial charge is 0.166 e. The van der Waals surface area contributed by atoms with Gasteiger partial charge < -0.3 is 4.74 Å². The third-order valence-corrected chi connectivity index (χ3v) is 7.67. The van der Waals surface area contributed by atoms with Crippen LogP contribution in [-0.4, -0.2) is 12.7 Å². The van der Waals surface area contributed by atoms with Gasteiger partial charge in [-0.2, -0.15) is 0 Å². The average molecular weight is 483 g/mol. The maximum absolute atomic E-state index is 15.1. The molecule has 0 aliphatic heterocycles. The summed E-state index contributed by atoms with van der Waals surface area (Å²) in [5, 5.41) is 0. The fraction of sp³-hybridized carbons (Fsp3) is 0.484. The van der Waals surface area contributed by atoms with Crippen LogP contribution in [-0.2, 0) is 11.2 Å². The molecule has 0 N–H and O–H groups in total. The second-order valence-electron chi connectivity index (χ2n) is 10.0. The van der Waals surface area contributed by atoms with Crippen molar-refractivity contribution in [3.8, 4) is 11.1 Å². The lowest BCUT2D eigenvalue weighted by Crippen LogP contribution is -2.22. The van der Waals surface area contributed by atoms with E-state index < -0.39 is 11.6 Å². The predicted molar refractivity (Wildman–Crippen MR) is 137 cm³/mol. The first-order chi connectivity index (χ1) is 17.0. The monoisotopic (exact) mass is 482 g/mol. The molecule has 1 atom stereocenters. The Balaban J connectivity index is 1.31. The van der Waals surface area contributed by atoms with E-state index in [1.807, 2.05) is 24.3 Å². The van der Waals surface area contributed by atoms with Crippen LogP contribution in [0.1, 0.15) is 82.3 Å². The zero-order valence-electron chi connectivity index (χ0n) is 21.0. The number of benzene rings is 2. The summed E-state index contributed by atoms with van der Waals surface area (Å²) >= 11 is 0. The number of rotatable bonds is 9. The summed E-state index contributed by atoms with van der Waals surface area (Å²) in [5.41, 5.74) is 3.55. The van der Waals surface area contributed by atoms with E-state index in [9.17, 15) is 8.78 Å². The highest BCUT2D eigenvalue weighted by molar-refractivity contribution is 5.65. The summed E-state index contributed by atoms with van der Waals surface area (Å²) in [5.74, 6) is -1.50. The zero-order valence-corrected chi connectivity index (χ0v) is 21.0. The Bertz CT molecular complexity index is 1050. The molecule has 2 aliphatic carbocycles. The Kier molecular flexibility index (Phi) is 8.89. The molecule has 0 amide bonds. The van der Waals surface area contributed by atoms with E-state index in [1.54, 1.807) is 18.2 Å². The van der Waals surface area contributed by atoms with Crippen molar-refractivity contribution in [3.05, 3.63) is 82.7 Å². The van der Waals surface area contributed by atoms with Gasteiger partial charge in [0.1, 0.15) is 5.83 Å². The maximum Gasteiger partial charge on any atom is 0.166 e. The number of aryl methyl sites for hydroxylation is 1. The molecule has 2 aliphatic rings. The third kappa shape index (κ3) is 6.27. The van der Waals surface area contributed by atoms with Gasteiger partial charge in [-0.15, -0.1) is 0 Å². The molecule has 0 heterocycles. The predicted octanol–water partition coefficient (Wildman–Crippen LogP) is 9.23. The standard InChI is InChI=1S/C31H37F3O/c1-3-5-6-25-12-9-22(19-29(25)32)20-35-26-15-13-24(14-16-26)28-18-17-27(30(33)31(28)34)23-10-7-21(4-2)8-11-23/h7-11,17-19,24-26H,3-6,12-16,20H2,1-2H3. The first-order valence-electron chi connectivity index (χ1n) is 13.2. The molecule has 4 heteroatoms. The van der Waals surface area contributed by atoms with E-state index in [0.717, 1.165) is 63.4 Å². The lowest BCUT2D eigenvalue weighted by atomic mass is 9.82. The number of ether oxygens (including phenoxy) is 1. The fourth-order valence-corrected chi connectivity index (χ4v) is 5.34. The lowest BCUT2D eigenvalue weighted by molar-refractivity contribution is 0.0389. The zero-order chi connectivity index (χ0) is 24.8. The van der Waals surface area contributed by atoms with Gasteiger partial charge in [-0.05, 0) is 79.2 Å². The van der Waals surface area contributed by atoms with E-state index in [0.29, 0.717) is 23.3 Å². The van der Waals surface area contributed by atoms with Crippen molar-refractivity contribution in [2.45, 2.75) is 83.7 Å². The van der Waals surface area contributed by atoms with Gasteiger partial charge in [-0.3, -0.25) is 0 Å². The van der Waals surface area contributed by atoms with Crippen molar-refractivity contribution in [1.82, 2.24) is 0 Å². The second kappa shape index (κ2) is 12.1. The SMILES string of the molecule is CCCCC1CC=C(COC2CCC(c3ccc(-c4ccc(CC)cc4)c(F)c3F)CC2)C=C1F. The lowest BCUT2D eigenvalue weighted by Gasteiger charge is -2.29. The molecule has 0 bridgehead atoms. The molecule has 0 radical (unpaired) electrons. The van der Waals surface area contributed by atoms with Gasteiger partial charge in [0.25, 0.3) is 0 Å². The van der Waals surface area contributed by atoms with Gasteiger partial charge in [0, 0.05) is 11.5 Å². The molecule has 2 aromatic carbocycles. The van der Waals surface area contributed by atoms with Gasteiger partial charge in [0.05, 0.1) is 12.7 Å². The summed E-state index contributed by atoms with van der Waals surface area (Å²) in [7, 11) is 0. The van der Waals surface area contributed by atoms with Crippen LogP contribution in [0.4, 0.5) is 13.2 Å². The highest BCUT2D eigenvalue weighted by atomic mass is 19.2. The molecule has 35 heavy (non-hydrogen) atoms. The maximum atomic E-state index is 15.1. The van der Waals surface area contributed by atoms with Crippen molar-refractivity contribution < 1.29 is 17.9 Å². The van der Waals surface area contributed by atoms with Gasteiger partial charge in [-0.1, -0.05) is 69.2 Å². The average Bonchev–Trinajstić information content (AvgIpc) is 2.89. The molecule has 1 unspecified atom stereocenters. The number of unbranched alkanes of at least 4 members (excludes halogenated alkanes) is 1. The number of hydrogen-bond acceptors (Lipinski definition) is 1. The summed E-state index contributed by atoms with van der Waals surface area (Å²) in [4.78, 5) is 0. The van der Waals surface area contributed by atoms with Crippen LogP contribution >= 0.6 is 0 Å². The molecular formula is C31H37F3O. The Morgan fingerprint density at radius 2 is 1.63 bits per heavy atom. The summed E-state index contributed by atoms with van der Waals surface area (Å²) in [6, 6.07) is 11.1. The first-order valence-corrected chi connectivity index (χ1v) is 13.2. The molecule has 0 saturated heterocycles. The normalized spacial score (nSPS) is 22.6. The molecule has 1 fully saturated rings. The number of allylic oxidation sites excluding steroid dienone is 2. The molecule has 0 spiro atoms. The minimum atomic E-state index is -0.764. The van der Waals surface area contributed by atoms with E-state index in [-0.39, 0.29) is 23.8 Å². The minimum absolute atomic E-state index is 0.00794. The quantitative estimate of drug-likeness (QED) is 0.346. The number of hydrogen-bond donors (Lipinski definition) is 0. The van der Waals surface area contributed by atoms with E-state index in [4.69, 9.17) is 4.74 Å². The molecule has 0 aromatic heterocycles. The molecule has 1 nitrogen and oxygen atoms in total. The Labute approximate surface area is 208 Å². The van der Waals surface area contributed by atoms with Crippen LogP contribution in [0.15, 0.2) is 60.0 Å². The fourth-order valence-electron chi connectivity index (χ4n) is 5.34. The van der Waals surface area contributed by atoms with Crippen molar-refractivity contribution >= 4 is 0 Å². The van der Waals surface area contributed by atoms with Crippen LogP contribution in [0, 0.1) is 17.6 Å². The molecule has 188 valence electrons. The highest BCUT2D eigenvalue weighted by Crippen LogP contribution is 2.38. The number of halogens is 3. The van der Waals surface area contributed by atoms with E-state index >= 15 is 4.39 Å². The van der Waals surface area contributed by atoms with Crippen molar-refractivity contribution in [2.24, 2.45) is 5.92 Å². The van der Waals surface area contributed by atoms with Gasteiger partial charge >= 0.3 is 0 Å². The Morgan fingerprint density at radius 1 is 0.886 bits per heavy atom. The van der Waals surface area contributed by atoms with E-state index in [1.165, 1.54) is 5.56 Å². The topological polar surface area (TPSA) is 9.23 Å². The van der Waals surface area contributed by atoms with Gasteiger partial charge in [-0.25, -0.2) is 13.2 Å². The summed E-state index contributed by atoms with van der Waals surface area (Å²) in [6.07, 6.45) is 11.6.